The third-order valence-corrected chi connectivity index (χ3v) is 3.90. The van der Waals surface area contributed by atoms with Crippen molar-refractivity contribution in [1.29, 1.82) is 0 Å². The first-order chi connectivity index (χ1) is 11.5. The van der Waals surface area contributed by atoms with Crippen LogP contribution in [-0.2, 0) is 25.6 Å². The van der Waals surface area contributed by atoms with Crippen LogP contribution in [0.25, 0.3) is 0 Å². The van der Waals surface area contributed by atoms with E-state index >= 15 is 0 Å². The minimum Gasteiger partial charge on any atom is -0.486 e. The molecule has 1 aliphatic heterocycles. The molecule has 6 nitrogen and oxygen atoms in total. The first-order valence-electron chi connectivity index (χ1n) is 7.43. The summed E-state index contributed by atoms with van der Waals surface area (Å²) < 4.78 is 45.2. The zero-order valence-corrected chi connectivity index (χ0v) is 13.9. The molecule has 24 heavy (non-hydrogen) atoms. The highest BCUT2D eigenvalue weighted by Gasteiger charge is 2.33. The minimum atomic E-state index is -3.71. The highest BCUT2D eigenvalue weighted by atomic mass is 32.2. The SMILES string of the molecule is CS(=O)(=O)O[C@@H](OCc1ccccc1)[C@@H]1COc2ccccc2O1. The number of rotatable bonds is 6. The van der Waals surface area contributed by atoms with Gasteiger partial charge in [0.15, 0.2) is 17.6 Å². The molecule has 0 saturated heterocycles. The lowest BCUT2D eigenvalue weighted by atomic mass is 10.2. The second-order valence-electron chi connectivity index (χ2n) is 5.38. The molecule has 3 rings (SSSR count). The zero-order chi connectivity index (χ0) is 17.0. The summed E-state index contributed by atoms with van der Waals surface area (Å²) in [6.45, 7) is 0.328. The summed E-state index contributed by atoms with van der Waals surface area (Å²) >= 11 is 0. The van der Waals surface area contributed by atoms with Crippen LogP contribution in [0.3, 0.4) is 0 Å². The number of fused-ring (bicyclic) bond motifs is 1. The first kappa shape index (κ1) is 16.8. The lowest BCUT2D eigenvalue weighted by molar-refractivity contribution is -0.154. The Morgan fingerprint density at radius 3 is 2.46 bits per heavy atom. The van der Waals surface area contributed by atoms with Gasteiger partial charge in [-0.1, -0.05) is 42.5 Å². The Hall–Kier alpha value is -2.09. The van der Waals surface area contributed by atoms with Crippen LogP contribution in [-0.4, -0.2) is 33.7 Å². The maximum Gasteiger partial charge on any atom is 0.267 e. The van der Waals surface area contributed by atoms with Crippen molar-refractivity contribution in [3.8, 4) is 11.5 Å². The summed E-state index contributed by atoms with van der Waals surface area (Å²) in [7, 11) is -3.71. The lowest BCUT2D eigenvalue weighted by Crippen LogP contribution is -2.43. The van der Waals surface area contributed by atoms with Crippen molar-refractivity contribution in [2.24, 2.45) is 0 Å². The standard InChI is InChI=1S/C17H18O6S/c1-24(18,19)23-17(21-11-13-7-3-2-4-8-13)16-12-20-14-9-5-6-10-15(14)22-16/h2-10,16-17H,11-12H2,1H3/t16-,17+/m0/s1. The molecule has 0 spiro atoms. The van der Waals surface area contributed by atoms with E-state index in [2.05, 4.69) is 0 Å². The molecule has 7 heteroatoms. The van der Waals surface area contributed by atoms with Gasteiger partial charge in [0.2, 0.25) is 6.29 Å². The Kier molecular flexibility index (Phi) is 5.03. The van der Waals surface area contributed by atoms with Crippen molar-refractivity contribution in [3.63, 3.8) is 0 Å². The van der Waals surface area contributed by atoms with Gasteiger partial charge in [-0.05, 0) is 17.7 Å². The highest BCUT2D eigenvalue weighted by molar-refractivity contribution is 7.86. The molecule has 128 valence electrons. The van der Waals surface area contributed by atoms with E-state index in [4.69, 9.17) is 18.4 Å². The molecule has 2 aromatic rings. The average Bonchev–Trinajstić information content (AvgIpc) is 2.58. The average molecular weight is 350 g/mol. The summed E-state index contributed by atoms with van der Waals surface area (Å²) in [6, 6.07) is 16.6. The Morgan fingerprint density at radius 2 is 1.75 bits per heavy atom. The van der Waals surface area contributed by atoms with Gasteiger partial charge in [-0.2, -0.15) is 8.42 Å². The van der Waals surface area contributed by atoms with Crippen LogP contribution < -0.4 is 9.47 Å². The van der Waals surface area contributed by atoms with Gasteiger partial charge in [0, 0.05) is 0 Å². The van der Waals surface area contributed by atoms with Gasteiger partial charge in [-0.25, -0.2) is 4.18 Å². The molecule has 0 saturated carbocycles. The predicted octanol–water partition coefficient (Wildman–Crippen LogP) is 2.35. The summed E-state index contributed by atoms with van der Waals surface area (Å²) in [5.74, 6) is 1.13. The van der Waals surface area contributed by atoms with Crippen molar-refractivity contribution >= 4 is 10.1 Å². The monoisotopic (exact) mass is 350 g/mol. The fraction of sp³-hybridized carbons (Fsp3) is 0.294. The molecule has 0 bridgehead atoms. The second-order valence-corrected chi connectivity index (χ2v) is 6.98. The van der Waals surface area contributed by atoms with Gasteiger partial charge in [-0.3, -0.25) is 0 Å². The van der Waals surface area contributed by atoms with E-state index in [9.17, 15) is 8.42 Å². The predicted molar refractivity (Wildman–Crippen MR) is 87.3 cm³/mol. The molecule has 0 amide bonds. The molecule has 1 aliphatic rings. The van der Waals surface area contributed by atoms with Crippen molar-refractivity contribution < 1.29 is 26.8 Å². The Balaban J connectivity index is 1.73. The van der Waals surface area contributed by atoms with Crippen molar-refractivity contribution in [2.45, 2.75) is 19.0 Å². The van der Waals surface area contributed by atoms with Gasteiger partial charge < -0.3 is 14.2 Å². The van der Waals surface area contributed by atoms with Crippen molar-refractivity contribution in [1.82, 2.24) is 0 Å². The van der Waals surface area contributed by atoms with Crippen LogP contribution in [0.5, 0.6) is 11.5 Å². The molecule has 1 heterocycles. The van der Waals surface area contributed by atoms with Gasteiger partial charge in [0.05, 0.1) is 12.9 Å². The van der Waals surface area contributed by atoms with Crippen molar-refractivity contribution in [2.75, 3.05) is 12.9 Å². The second kappa shape index (κ2) is 7.21. The van der Waals surface area contributed by atoms with E-state index < -0.39 is 22.5 Å². The van der Waals surface area contributed by atoms with Crippen LogP contribution in [0.4, 0.5) is 0 Å². The van der Waals surface area contributed by atoms with Crippen molar-refractivity contribution in [3.05, 3.63) is 60.2 Å². The van der Waals surface area contributed by atoms with Gasteiger partial charge >= 0.3 is 0 Å². The molecule has 0 fully saturated rings. The van der Waals surface area contributed by atoms with E-state index in [1.807, 2.05) is 42.5 Å². The van der Waals surface area contributed by atoms with E-state index in [0.717, 1.165) is 11.8 Å². The van der Waals surface area contributed by atoms with E-state index in [0.29, 0.717) is 11.5 Å². The number of para-hydroxylation sites is 2. The summed E-state index contributed by atoms with van der Waals surface area (Å²) in [4.78, 5) is 0. The lowest BCUT2D eigenvalue weighted by Gasteiger charge is -2.31. The van der Waals surface area contributed by atoms with Crippen LogP contribution in [0.1, 0.15) is 5.56 Å². The van der Waals surface area contributed by atoms with Crippen LogP contribution in [0.15, 0.2) is 54.6 Å². The van der Waals surface area contributed by atoms with Crippen LogP contribution >= 0.6 is 0 Å². The third kappa shape index (κ3) is 4.47. The topological polar surface area (TPSA) is 71.1 Å². The minimum absolute atomic E-state index is 0.131. The summed E-state index contributed by atoms with van der Waals surface area (Å²) in [5.41, 5.74) is 0.900. The van der Waals surface area contributed by atoms with Gasteiger partial charge in [0.1, 0.15) is 6.61 Å². The van der Waals surface area contributed by atoms with Crippen LogP contribution in [0.2, 0.25) is 0 Å². The third-order valence-electron chi connectivity index (χ3n) is 3.36. The molecular weight excluding hydrogens is 332 g/mol. The first-order valence-corrected chi connectivity index (χ1v) is 9.25. The molecule has 0 radical (unpaired) electrons. The maximum absolute atomic E-state index is 11.5. The van der Waals surface area contributed by atoms with E-state index in [1.54, 1.807) is 12.1 Å². The molecule has 0 aliphatic carbocycles. The quantitative estimate of drug-likeness (QED) is 0.588. The van der Waals surface area contributed by atoms with Gasteiger partial charge in [0.25, 0.3) is 10.1 Å². The molecule has 0 N–H and O–H groups in total. The Bertz CT molecular complexity index is 775. The number of ether oxygens (including phenoxy) is 3. The molecule has 2 aromatic carbocycles. The van der Waals surface area contributed by atoms with Gasteiger partial charge in [-0.15, -0.1) is 0 Å². The molecule has 0 aromatic heterocycles. The number of benzene rings is 2. The fourth-order valence-electron chi connectivity index (χ4n) is 2.29. The summed E-state index contributed by atoms with van der Waals surface area (Å²) in [5, 5.41) is 0. The fourth-order valence-corrected chi connectivity index (χ4v) is 2.82. The highest BCUT2D eigenvalue weighted by Crippen LogP contribution is 2.32. The zero-order valence-electron chi connectivity index (χ0n) is 13.1. The largest absolute Gasteiger partial charge is 0.486 e. The van der Waals surface area contributed by atoms with Crippen LogP contribution in [0, 0.1) is 0 Å². The normalized spacial score (nSPS) is 18.1. The van der Waals surface area contributed by atoms with E-state index in [-0.39, 0.29) is 13.2 Å². The Labute approximate surface area is 141 Å². The molecule has 0 unspecified atom stereocenters. The maximum atomic E-state index is 11.5. The Morgan fingerprint density at radius 1 is 1.08 bits per heavy atom. The summed E-state index contributed by atoms with van der Waals surface area (Å²) in [6.07, 6.45) is -0.823. The molecule has 2 atom stereocenters. The molecular formula is C17H18O6S. The number of hydrogen-bond acceptors (Lipinski definition) is 6. The smallest absolute Gasteiger partial charge is 0.267 e. The number of hydrogen-bond donors (Lipinski definition) is 0. The van der Waals surface area contributed by atoms with E-state index in [1.165, 1.54) is 0 Å².